The van der Waals surface area contributed by atoms with Gasteiger partial charge in [-0.15, -0.1) is 0 Å². The molecule has 0 aliphatic carbocycles. The Kier molecular flexibility index (Phi) is 5.88. The average molecular weight is 370 g/mol. The van der Waals surface area contributed by atoms with Crippen molar-refractivity contribution in [3.8, 4) is 0 Å². The number of esters is 1. The number of carbonyl (C=O) groups excluding carboxylic acids is 3. The molecule has 9 nitrogen and oxygen atoms in total. The van der Waals surface area contributed by atoms with Crippen LogP contribution in [0.5, 0.6) is 0 Å². The number of amides is 2. The van der Waals surface area contributed by atoms with Crippen molar-refractivity contribution in [2.24, 2.45) is 0 Å². The van der Waals surface area contributed by atoms with Crippen LogP contribution in [-0.4, -0.2) is 62.9 Å². The molecule has 2 amide bonds. The normalized spacial score (nSPS) is 14.8. The second-order valence-electron chi connectivity index (χ2n) is 5.24. The molecule has 0 radical (unpaired) electrons. The van der Waals surface area contributed by atoms with Crippen molar-refractivity contribution < 1.29 is 32.4 Å². The Morgan fingerprint density at radius 3 is 2.40 bits per heavy atom. The molecule has 1 saturated heterocycles. The maximum Gasteiger partial charge on any atom is 0.338 e. The van der Waals surface area contributed by atoms with E-state index in [1.807, 2.05) is 0 Å². The van der Waals surface area contributed by atoms with Gasteiger partial charge in [0.05, 0.1) is 17.6 Å². The van der Waals surface area contributed by atoms with E-state index in [1.54, 1.807) is 0 Å². The number of ether oxygens (including phenoxy) is 1. The van der Waals surface area contributed by atoms with Gasteiger partial charge in [-0.2, -0.15) is 0 Å². The van der Waals surface area contributed by atoms with E-state index >= 15 is 0 Å². The van der Waals surface area contributed by atoms with Gasteiger partial charge in [0.25, 0.3) is 15.9 Å². The Labute approximate surface area is 145 Å². The van der Waals surface area contributed by atoms with Crippen LogP contribution in [0.1, 0.15) is 23.2 Å². The summed E-state index contributed by atoms with van der Waals surface area (Å²) in [6, 6.07) is 4.99. The second-order valence-corrected chi connectivity index (χ2v) is 7.18. The zero-order valence-corrected chi connectivity index (χ0v) is 14.6. The highest BCUT2D eigenvalue weighted by Gasteiger charge is 2.27. The molecule has 136 valence electrons. The lowest BCUT2D eigenvalue weighted by Crippen LogP contribution is -2.35. The molecule has 25 heavy (non-hydrogen) atoms. The van der Waals surface area contributed by atoms with Crippen molar-refractivity contribution in [1.29, 1.82) is 0 Å². The standard InChI is InChI=1S/C15H18N2O7S/c1-16(23-2)25(21,22)12-7-5-11(6-8-12)15(20)24-10-14(19)17-9-3-4-13(17)18/h5-8H,3-4,9-10H2,1-2H3. The third-order valence-corrected chi connectivity index (χ3v) is 5.38. The fourth-order valence-corrected chi connectivity index (χ4v) is 3.18. The zero-order valence-electron chi connectivity index (χ0n) is 13.8. The van der Waals surface area contributed by atoms with Crippen molar-refractivity contribution in [2.75, 3.05) is 27.3 Å². The smallest absolute Gasteiger partial charge is 0.338 e. The van der Waals surface area contributed by atoms with Crippen LogP contribution < -0.4 is 0 Å². The van der Waals surface area contributed by atoms with E-state index in [0.717, 1.165) is 4.90 Å². The van der Waals surface area contributed by atoms with Crippen molar-refractivity contribution >= 4 is 27.8 Å². The van der Waals surface area contributed by atoms with Gasteiger partial charge < -0.3 is 4.74 Å². The molecule has 0 spiro atoms. The number of likely N-dealkylation sites (tertiary alicyclic amines) is 1. The predicted molar refractivity (Wildman–Crippen MR) is 84.6 cm³/mol. The summed E-state index contributed by atoms with van der Waals surface area (Å²) in [7, 11) is -1.36. The third kappa shape index (κ3) is 4.21. The fourth-order valence-electron chi connectivity index (χ4n) is 2.21. The van der Waals surface area contributed by atoms with E-state index in [-0.39, 0.29) is 16.4 Å². The summed E-state index contributed by atoms with van der Waals surface area (Å²) < 4.78 is 29.6. The van der Waals surface area contributed by atoms with Gasteiger partial charge in [0.2, 0.25) is 5.91 Å². The van der Waals surface area contributed by atoms with Crippen LogP contribution in [0.2, 0.25) is 0 Å². The summed E-state index contributed by atoms with van der Waals surface area (Å²) in [4.78, 5) is 40.8. The first-order chi connectivity index (χ1) is 11.8. The maximum absolute atomic E-state index is 12.0. The summed E-state index contributed by atoms with van der Waals surface area (Å²) in [5.74, 6) is -1.64. The molecule has 0 atom stereocenters. The Morgan fingerprint density at radius 2 is 1.88 bits per heavy atom. The van der Waals surface area contributed by atoms with Gasteiger partial charge >= 0.3 is 5.97 Å². The molecule has 1 fully saturated rings. The first-order valence-corrected chi connectivity index (χ1v) is 8.85. The maximum atomic E-state index is 12.0. The lowest BCUT2D eigenvalue weighted by molar-refractivity contribution is -0.143. The number of carbonyl (C=O) groups is 3. The number of rotatable bonds is 6. The van der Waals surface area contributed by atoms with Crippen molar-refractivity contribution in [3.05, 3.63) is 29.8 Å². The molecule has 1 aromatic carbocycles. The molecular formula is C15H18N2O7S. The highest BCUT2D eigenvalue weighted by Crippen LogP contribution is 2.16. The first-order valence-electron chi connectivity index (χ1n) is 7.41. The molecule has 0 aromatic heterocycles. The van der Waals surface area contributed by atoms with Crippen molar-refractivity contribution in [2.45, 2.75) is 17.7 Å². The molecule has 2 rings (SSSR count). The van der Waals surface area contributed by atoms with Crippen LogP contribution in [0.3, 0.4) is 0 Å². The molecular weight excluding hydrogens is 352 g/mol. The summed E-state index contributed by atoms with van der Waals surface area (Å²) in [5, 5.41) is 0. The SMILES string of the molecule is CON(C)S(=O)(=O)c1ccc(C(=O)OCC(=O)N2CCCC2=O)cc1. The Bertz CT molecular complexity index is 774. The zero-order chi connectivity index (χ0) is 18.6. The van der Waals surface area contributed by atoms with E-state index in [1.165, 1.54) is 38.4 Å². The highest BCUT2D eigenvalue weighted by atomic mass is 32.2. The number of sulfonamides is 1. The van der Waals surface area contributed by atoms with E-state index in [9.17, 15) is 22.8 Å². The molecule has 0 bridgehead atoms. The quantitative estimate of drug-likeness (QED) is 0.519. The molecule has 0 saturated carbocycles. The average Bonchev–Trinajstić information content (AvgIpc) is 3.04. The van der Waals surface area contributed by atoms with Crippen LogP contribution >= 0.6 is 0 Å². The number of hydroxylamine groups is 1. The van der Waals surface area contributed by atoms with Gasteiger partial charge in [0.1, 0.15) is 0 Å². The molecule has 1 aliphatic rings. The lowest BCUT2D eigenvalue weighted by atomic mass is 10.2. The predicted octanol–water partition coefficient (Wildman–Crippen LogP) is 0.174. The molecule has 1 heterocycles. The third-order valence-electron chi connectivity index (χ3n) is 3.68. The van der Waals surface area contributed by atoms with Crippen LogP contribution in [-0.2, 0) is 29.2 Å². The van der Waals surface area contributed by atoms with Gasteiger partial charge in [-0.25, -0.2) is 13.2 Å². The topological polar surface area (TPSA) is 110 Å². The number of hydrogen-bond acceptors (Lipinski definition) is 7. The van der Waals surface area contributed by atoms with E-state index in [4.69, 9.17) is 4.74 Å². The molecule has 1 aliphatic heterocycles. The largest absolute Gasteiger partial charge is 0.452 e. The van der Waals surface area contributed by atoms with Crippen molar-refractivity contribution in [1.82, 2.24) is 9.37 Å². The lowest BCUT2D eigenvalue weighted by Gasteiger charge is -2.14. The summed E-state index contributed by atoms with van der Waals surface area (Å²) >= 11 is 0. The van der Waals surface area contributed by atoms with Gasteiger partial charge in [-0.1, -0.05) is 4.47 Å². The number of imide groups is 1. The minimum absolute atomic E-state index is 0.0628. The number of nitrogens with zero attached hydrogens (tertiary/aromatic N) is 2. The van der Waals surface area contributed by atoms with Crippen LogP contribution in [0.15, 0.2) is 29.2 Å². The molecule has 10 heteroatoms. The van der Waals surface area contributed by atoms with Gasteiger partial charge in [-0.05, 0) is 30.7 Å². The minimum Gasteiger partial charge on any atom is -0.452 e. The summed E-state index contributed by atoms with van der Waals surface area (Å²) in [5.41, 5.74) is 0.0829. The van der Waals surface area contributed by atoms with Gasteiger partial charge in [-0.3, -0.25) is 19.3 Å². The molecule has 1 aromatic rings. The van der Waals surface area contributed by atoms with Gasteiger partial charge in [0, 0.05) is 20.0 Å². The monoisotopic (exact) mass is 370 g/mol. The minimum atomic E-state index is -3.81. The van der Waals surface area contributed by atoms with Gasteiger partial charge in [0.15, 0.2) is 6.61 Å². The first kappa shape index (κ1) is 19.0. The van der Waals surface area contributed by atoms with E-state index < -0.39 is 28.5 Å². The highest BCUT2D eigenvalue weighted by molar-refractivity contribution is 7.89. The summed E-state index contributed by atoms with van der Waals surface area (Å²) in [6.07, 6.45) is 0.913. The molecule has 0 unspecified atom stereocenters. The van der Waals surface area contributed by atoms with Crippen molar-refractivity contribution in [3.63, 3.8) is 0 Å². The summed E-state index contributed by atoms with van der Waals surface area (Å²) in [6.45, 7) is -0.216. The number of hydrogen-bond donors (Lipinski definition) is 0. The second kappa shape index (κ2) is 7.72. The van der Waals surface area contributed by atoms with Crippen LogP contribution in [0.25, 0.3) is 0 Å². The van der Waals surface area contributed by atoms with Crippen LogP contribution in [0, 0.1) is 0 Å². The molecule has 0 N–H and O–H groups in total. The van der Waals surface area contributed by atoms with Crippen LogP contribution in [0.4, 0.5) is 0 Å². The Balaban J connectivity index is 1.99. The Hall–Kier alpha value is -2.30. The van der Waals surface area contributed by atoms with E-state index in [2.05, 4.69) is 4.84 Å². The number of benzene rings is 1. The van der Waals surface area contributed by atoms with E-state index in [0.29, 0.717) is 23.9 Å². The fraction of sp³-hybridized carbons (Fsp3) is 0.400. The Morgan fingerprint density at radius 1 is 1.24 bits per heavy atom.